The zero-order valence-electron chi connectivity index (χ0n) is 19.6. The standard InChI is InChI=1S/C23H37FN6O/c1-9-13-31-22(10-2)14-21(20(7)24)15-25-18-29(8)23(28-26-11-3)17-30(27-12-4)16-19(5)6/h3-4,10,14,16,20,25-27H,9,13,15,17-18H2,1-2,5-8H3/b21-14-,22-10+,28-23-. The van der Waals surface area contributed by atoms with Crippen LogP contribution in [0.15, 0.2) is 40.4 Å². The molecule has 0 aliphatic rings. The number of hydrogen-bond acceptors (Lipinski definition) is 6. The van der Waals surface area contributed by atoms with E-state index >= 15 is 0 Å². The Bertz CT molecular complexity index is 723. The largest absolute Gasteiger partial charge is 0.494 e. The molecule has 0 saturated heterocycles. The van der Waals surface area contributed by atoms with E-state index in [1.54, 1.807) is 11.1 Å². The van der Waals surface area contributed by atoms with Crippen LogP contribution < -0.4 is 16.2 Å². The molecule has 7 nitrogen and oxygen atoms in total. The van der Waals surface area contributed by atoms with Crippen LogP contribution in [0.1, 0.15) is 41.0 Å². The molecule has 8 heteroatoms. The van der Waals surface area contributed by atoms with Crippen LogP contribution in [0.2, 0.25) is 0 Å². The summed E-state index contributed by atoms with van der Waals surface area (Å²) < 4.78 is 19.7. The summed E-state index contributed by atoms with van der Waals surface area (Å²) in [6, 6.07) is 4.67. The maximum atomic E-state index is 14.1. The second-order valence-corrected chi connectivity index (χ2v) is 7.03. The first kappa shape index (κ1) is 27.9. The monoisotopic (exact) mass is 432 g/mol. The van der Waals surface area contributed by atoms with Crippen LogP contribution >= 0.6 is 0 Å². The number of amidine groups is 1. The Labute approximate surface area is 187 Å². The van der Waals surface area contributed by atoms with Gasteiger partial charge in [-0.15, -0.1) is 0 Å². The summed E-state index contributed by atoms with van der Waals surface area (Å²) in [7, 11) is 1.85. The molecule has 0 aliphatic heterocycles. The van der Waals surface area contributed by atoms with Gasteiger partial charge in [-0.2, -0.15) is 5.10 Å². The van der Waals surface area contributed by atoms with E-state index in [-0.39, 0.29) is 0 Å². The molecule has 0 rings (SSSR count). The second kappa shape index (κ2) is 16.7. The average Bonchev–Trinajstić information content (AvgIpc) is 2.72. The predicted molar refractivity (Wildman–Crippen MR) is 127 cm³/mol. The molecule has 0 saturated carbocycles. The fourth-order valence-electron chi connectivity index (χ4n) is 2.38. The van der Waals surface area contributed by atoms with Crippen LogP contribution in [0.3, 0.4) is 0 Å². The molecule has 0 aromatic carbocycles. The van der Waals surface area contributed by atoms with E-state index in [1.165, 1.54) is 6.92 Å². The van der Waals surface area contributed by atoms with Crippen LogP contribution in [-0.4, -0.2) is 55.3 Å². The van der Waals surface area contributed by atoms with Crippen molar-refractivity contribution in [3.63, 3.8) is 0 Å². The fourth-order valence-corrected chi connectivity index (χ4v) is 2.38. The van der Waals surface area contributed by atoms with Crippen LogP contribution in [0.25, 0.3) is 0 Å². The lowest BCUT2D eigenvalue weighted by Gasteiger charge is -2.27. The molecule has 0 fully saturated rings. The molecule has 0 amide bonds. The molecule has 0 radical (unpaired) electrons. The van der Waals surface area contributed by atoms with Crippen molar-refractivity contribution in [2.24, 2.45) is 5.10 Å². The number of likely N-dealkylation sites (N-methyl/N-ethyl adjacent to an activating group) is 1. The van der Waals surface area contributed by atoms with Crippen molar-refractivity contribution in [1.29, 1.82) is 0 Å². The number of terminal acetylenes is 2. The van der Waals surface area contributed by atoms with E-state index in [1.807, 2.05) is 51.9 Å². The summed E-state index contributed by atoms with van der Waals surface area (Å²) in [4.78, 5) is 1.86. The SMILES string of the molecule is C#CN/N=C(/CN(C=C(C)C)NC#C)N(C)CNC/C(=C/C(=C\C)OCCC)C(C)F. The molecular weight excluding hydrogens is 395 g/mol. The highest BCUT2D eigenvalue weighted by Gasteiger charge is 2.13. The van der Waals surface area contributed by atoms with Gasteiger partial charge in [0.15, 0.2) is 0 Å². The first-order valence-corrected chi connectivity index (χ1v) is 10.2. The molecule has 0 aromatic heterocycles. The van der Waals surface area contributed by atoms with Gasteiger partial charge in [-0.05, 0) is 51.8 Å². The minimum atomic E-state index is -1.11. The lowest BCUT2D eigenvalue weighted by atomic mass is 10.1. The van der Waals surface area contributed by atoms with Gasteiger partial charge in [0.25, 0.3) is 0 Å². The van der Waals surface area contributed by atoms with Gasteiger partial charge in [-0.25, -0.2) is 9.82 Å². The van der Waals surface area contributed by atoms with Crippen molar-refractivity contribution in [3.8, 4) is 24.9 Å². The zero-order chi connectivity index (χ0) is 23.6. The third-order valence-electron chi connectivity index (χ3n) is 3.90. The molecule has 1 unspecified atom stereocenters. The predicted octanol–water partition coefficient (Wildman–Crippen LogP) is 2.89. The first-order valence-electron chi connectivity index (χ1n) is 10.2. The molecule has 0 bridgehead atoms. The quantitative estimate of drug-likeness (QED) is 0.0573. The molecule has 0 aromatic rings. The van der Waals surface area contributed by atoms with Gasteiger partial charge in [0.1, 0.15) is 17.8 Å². The maximum Gasteiger partial charge on any atom is 0.148 e. The molecule has 0 aliphatic carbocycles. The van der Waals surface area contributed by atoms with Gasteiger partial charge in [0.05, 0.1) is 19.8 Å². The number of ether oxygens (including phenoxy) is 1. The van der Waals surface area contributed by atoms with Crippen LogP contribution in [0, 0.1) is 24.9 Å². The van der Waals surface area contributed by atoms with Crippen molar-refractivity contribution in [2.45, 2.75) is 47.2 Å². The summed E-state index contributed by atoms with van der Waals surface area (Å²) in [6.07, 6.45) is 15.9. The van der Waals surface area contributed by atoms with E-state index in [4.69, 9.17) is 17.6 Å². The van der Waals surface area contributed by atoms with E-state index in [0.717, 1.165) is 12.0 Å². The summed E-state index contributed by atoms with van der Waals surface area (Å²) in [6.45, 7) is 11.0. The Hall–Kier alpha value is -3.10. The van der Waals surface area contributed by atoms with Gasteiger partial charge < -0.3 is 9.64 Å². The Kier molecular flexibility index (Phi) is 15.0. The normalized spacial score (nSPS) is 12.9. The number of halogens is 1. The van der Waals surface area contributed by atoms with Crippen molar-refractivity contribution in [1.82, 2.24) is 26.1 Å². The molecule has 0 heterocycles. The summed E-state index contributed by atoms with van der Waals surface area (Å²) in [5.41, 5.74) is 6.99. The molecular formula is C23H37FN6O. The molecule has 0 spiro atoms. The topological polar surface area (TPSA) is 64.2 Å². The Morgan fingerprint density at radius 2 is 2.00 bits per heavy atom. The average molecular weight is 433 g/mol. The van der Waals surface area contributed by atoms with Crippen molar-refractivity contribution >= 4 is 5.84 Å². The van der Waals surface area contributed by atoms with E-state index in [9.17, 15) is 4.39 Å². The van der Waals surface area contributed by atoms with Crippen molar-refractivity contribution in [3.05, 3.63) is 35.3 Å². The number of hydrazone groups is 1. The lowest BCUT2D eigenvalue weighted by Crippen LogP contribution is -2.45. The fraction of sp³-hybridized carbons (Fsp3) is 0.522. The van der Waals surface area contributed by atoms with E-state index < -0.39 is 6.17 Å². The highest BCUT2D eigenvalue weighted by Crippen LogP contribution is 2.11. The molecule has 3 N–H and O–H groups in total. The molecule has 1 atom stereocenters. The molecule has 31 heavy (non-hydrogen) atoms. The smallest absolute Gasteiger partial charge is 0.148 e. The van der Waals surface area contributed by atoms with Gasteiger partial charge in [0.2, 0.25) is 0 Å². The minimum absolute atomic E-state index is 0.352. The number of rotatable bonds is 14. The number of hydrogen-bond donors (Lipinski definition) is 3. The Morgan fingerprint density at radius 3 is 2.52 bits per heavy atom. The summed E-state index contributed by atoms with van der Waals surface area (Å²) in [5, 5.41) is 9.18. The number of allylic oxidation sites excluding steroid dienone is 3. The van der Waals surface area contributed by atoms with Gasteiger partial charge >= 0.3 is 0 Å². The summed E-state index contributed by atoms with van der Waals surface area (Å²) >= 11 is 0. The number of nitrogens with one attached hydrogen (secondary N) is 3. The van der Waals surface area contributed by atoms with E-state index in [0.29, 0.717) is 43.5 Å². The van der Waals surface area contributed by atoms with Gasteiger partial charge in [-0.1, -0.05) is 25.3 Å². The third kappa shape index (κ3) is 12.9. The highest BCUT2D eigenvalue weighted by molar-refractivity contribution is 5.84. The number of nitrogens with zero attached hydrogens (tertiary/aromatic N) is 3. The number of alkyl halides is 1. The van der Waals surface area contributed by atoms with Crippen molar-refractivity contribution < 1.29 is 9.13 Å². The van der Waals surface area contributed by atoms with Crippen LogP contribution in [0.5, 0.6) is 0 Å². The zero-order valence-corrected chi connectivity index (χ0v) is 19.6. The van der Waals surface area contributed by atoms with Crippen LogP contribution in [0.4, 0.5) is 4.39 Å². The van der Waals surface area contributed by atoms with Gasteiger partial charge in [0, 0.05) is 31.9 Å². The van der Waals surface area contributed by atoms with Crippen molar-refractivity contribution in [2.75, 3.05) is 33.4 Å². The second-order valence-electron chi connectivity index (χ2n) is 7.03. The third-order valence-corrected chi connectivity index (χ3v) is 3.90. The molecule has 172 valence electrons. The maximum absolute atomic E-state index is 14.1. The Balaban J connectivity index is 5.18. The van der Waals surface area contributed by atoms with Crippen LogP contribution in [-0.2, 0) is 4.74 Å². The number of hydrazine groups is 1. The minimum Gasteiger partial charge on any atom is -0.494 e. The Morgan fingerprint density at radius 1 is 1.29 bits per heavy atom. The summed E-state index contributed by atoms with van der Waals surface area (Å²) in [5.74, 6) is 1.29. The lowest BCUT2D eigenvalue weighted by molar-refractivity contribution is 0.223. The van der Waals surface area contributed by atoms with Gasteiger partial charge in [-0.3, -0.25) is 15.8 Å². The highest BCUT2D eigenvalue weighted by atomic mass is 19.1. The first-order chi connectivity index (χ1) is 14.8. The van der Waals surface area contributed by atoms with E-state index in [2.05, 4.69) is 33.4 Å².